The molecule has 0 radical (unpaired) electrons. The van der Waals surface area contributed by atoms with Crippen molar-refractivity contribution in [1.82, 2.24) is 15.0 Å². The molecule has 1 aromatic carbocycles. The minimum Gasteiger partial charge on any atom is -0.390 e. The third-order valence-corrected chi connectivity index (χ3v) is 5.29. The molecule has 3 rings (SSSR count). The van der Waals surface area contributed by atoms with E-state index < -0.39 is 37.9 Å². The van der Waals surface area contributed by atoms with Gasteiger partial charge in [0.25, 0.3) is 5.56 Å². The lowest BCUT2D eigenvalue weighted by molar-refractivity contribution is -0.656. The smallest absolute Gasteiger partial charge is 0.390 e. The maximum atomic E-state index is 12.2. The Morgan fingerprint density at radius 2 is 1.80 bits per heavy atom. The lowest BCUT2D eigenvalue weighted by Gasteiger charge is -2.18. The van der Waals surface area contributed by atoms with E-state index in [0.717, 1.165) is 11.1 Å². The van der Waals surface area contributed by atoms with E-state index in [-0.39, 0.29) is 24.1 Å². The monoisotopic (exact) mass is 441 g/mol. The maximum absolute atomic E-state index is 12.2. The fourth-order valence-corrected chi connectivity index (χ4v) is 3.43. The number of fused-ring (bicyclic) bond motifs is 2. The SMILES string of the molecule is Cc1cc2nc3c(=O)[nH]c(=O)[nH]c3[n+](C[C@H](O)[C@H](O)CCOP(=O)(O)O)c2cc1C. The predicted octanol–water partition coefficient (Wildman–Crippen LogP) is -1.11. The number of aromatic amines is 2. The van der Waals surface area contributed by atoms with Crippen molar-refractivity contribution in [2.75, 3.05) is 6.61 Å². The molecular weight excluding hydrogens is 419 g/mol. The topological polar surface area (TPSA) is 190 Å². The lowest BCUT2D eigenvalue weighted by Crippen LogP contribution is -2.48. The molecule has 0 aliphatic carbocycles. The number of aliphatic hydroxyl groups is 2. The van der Waals surface area contributed by atoms with Gasteiger partial charge in [-0.3, -0.25) is 14.3 Å². The zero-order chi connectivity index (χ0) is 22.2. The van der Waals surface area contributed by atoms with Crippen LogP contribution >= 0.6 is 7.82 Å². The van der Waals surface area contributed by atoms with Crippen molar-refractivity contribution in [2.24, 2.45) is 0 Å². The number of nitrogens with one attached hydrogen (secondary N) is 2. The molecular formula is C17H22N4O8P+. The zero-order valence-electron chi connectivity index (χ0n) is 16.2. The first-order chi connectivity index (χ1) is 14.0. The number of aromatic nitrogens is 4. The summed E-state index contributed by atoms with van der Waals surface area (Å²) >= 11 is 0. The van der Waals surface area contributed by atoms with Crippen molar-refractivity contribution in [1.29, 1.82) is 0 Å². The van der Waals surface area contributed by atoms with Crippen molar-refractivity contribution < 1.29 is 33.7 Å². The van der Waals surface area contributed by atoms with Crippen LogP contribution < -0.4 is 15.8 Å². The van der Waals surface area contributed by atoms with Gasteiger partial charge in [-0.2, -0.15) is 4.98 Å². The minimum atomic E-state index is -4.69. The summed E-state index contributed by atoms with van der Waals surface area (Å²) in [4.78, 5) is 50.4. The number of H-pyrrole nitrogens is 2. The van der Waals surface area contributed by atoms with Crippen molar-refractivity contribution in [2.45, 2.75) is 39.0 Å². The van der Waals surface area contributed by atoms with Gasteiger partial charge < -0.3 is 20.0 Å². The molecule has 0 amide bonds. The molecule has 6 N–H and O–H groups in total. The summed E-state index contributed by atoms with van der Waals surface area (Å²) in [7, 11) is -4.69. The van der Waals surface area contributed by atoms with Crippen LogP contribution in [0.2, 0.25) is 0 Å². The van der Waals surface area contributed by atoms with Crippen LogP contribution in [-0.2, 0) is 15.6 Å². The van der Waals surface area contributed by atoms with Crippen molar-refractivity contribution in [3.8, 4) is 0 Å². The quantitative estimate of drug-likeness (QED) is 0.150. The zero-order valence-corrected chi connectivity index (χ0v) is 17.1. The van der Waals surface area contributed by atoms with E-state index >= 15 is 0 Å². The van der Waals surface area contributed by atoms with Gasteiger partial charge in [-0.25, -0.2) is 18.9 Å². The standard InChI is InChI=1S/C17H21N4O8P/c1-8-5-10-11(6-9(8)2)21(15-14(18-10)16(24)20-17(25)19-15)7-13(23)12(22)3-4-29-30(26,27)28/h5-6,12-13,22-23H,3-4,7H2,1-2H3,(H3,20,24,25,26,27,28)/p+1/t12-,13+/m1/s1. The largest absolute Gasteiger partial charge is 0.469 e. The summed E-state index contributed by atoms with van der Waals surface area (Å²) in [5.74, 6) is 0. The molecule has 162 valence electrons. The van der Waals surface area contributed by atoms with Gasteiger partial charge >= 0.3 is 19.2 Å². The fourth-order valence-electron chi connectivity index (χ4n) is 3.08. The molecule has 0 saturated heterocycles. The molecule has 2 atom stereocenters. The molecule has 0 aliphatic heterocycles. The molecule has 12 nitrogen and oxygen atoms in total. The summed E-state index contributed by atoms with van der Waals surface area (Å²) in [5, 5.41) is 20.6. The van der Waals surface area contributed by atoms with Gasteiger partial charge in [0.05, 0.1) is 12.7 Å². The maximum Gasteiger partial charge on any atom is 0.469 e. The van der Waals surface area contributed by atoms with Crippen molar-refractivity contribution in [3.63, 3.8) is 0 Å². The molecule has 2 heterocycles. The molecule has 13 heteroatoms. The van der Waals surface area contributed by atoms with Crippen molar-refractivity contribution >= 4 is 30.0 Å². The van der Waals surface area contributed by atoms with Gasteiger partial charge in [-0.05, 0) is 43.5 Å². The van der Waals surface area contributed by atoms with Crippen LogP contribution in [0.5, 0.6) is 0 Å². The number of aryl methyl sites for hydroxylation is 2. The summed E-state index contributed by atoms with van der Waals surface area (Å²) in [5.41, 5.74) is 1.38. The molecule has 30 heavy (non-hydrogen) atoms. The molecule has 0 saturated carbocycles. The first-order valence-corrected chi connectivity index (χ1v) is 10.5. The first-order valence-electron chi connectivity index (χ1n) is 8.99. The van der Waals surface area contributed by atoms with Crippen LogP contribution in [0.3, 0.4) is 0 Å². The number of nitrogens with zero attached hydrogens (tertiary/aromatic N) is 2. The Morgan fingerprint density at radius 3 is 2.47 bits per heavy atom. The number of phosphoric acid groups is 1. The molecule has 2 aromatic heterocycles. The van der Waals surface area contributed by atoms with E-state index in [0.29, 0.717) is 11.0 Å². The van der Waals surface area contributed by atoms with Gasteiger partial charge in [0, 0.05) is 0 Å². The van der Waals surface area contributed by atoms with Gasteiger partial charge in [0.2, 0.25) is 5.52 Å². The average Bonchev–Trinajstić information content (AvgIpc) is 2.62. The fraction of sp³-hybridized carbons (Fsp3) is 0.412. The van der Waals surface area contributed by atoms with Crippen LogP contribution in [0.15, 0.2) is 21.7 Å². The van der Waals surface area contributed by atoms with Gasteiger partial charge in [-0.15, -0.1) is 0 Å². The third-order valence-electron chi connectivity index (χ3n) is 4.77. The van der Waals surface area contributed by atoms with Gasteiger partial charge in [0.1, 0.15) is 18.2 Å². The summed E-state index contributed by atoms with van der Waals surface area (Å²) < 4.78 is 16.5. The Labute approximate surface area is 169 Å². The Bertz CT molecular complexity index is 1260. The van der Waals surface area contributed by atoms with Gasteiger partial charge in [0.15, 0.2) is 5.52 Å². The first kappa shape index (κ1) is 22.2. The second-order valence-electron chi connectivity index (χ2n) is 7.00. The second-order valence-corrected chi connectivity index (χ2v) is 8.24. The number of aliphatic hydroxyl groups excluding tert-OH is 2. The van der Waals surface area contributed by atoms with Crippen LogP contribution in [-0.4, -0.2) is 53.8 Å². The molecule has 0 spiro atoms. The number of benzene rings is 1. The van der Waals surface area contributed by atoms with Crippen molar-refractivity contribution in [3.05, 3.63) is 44.1 Å². The Kier molecular flexibility index (Phi) is 6.18. The Balaban J connectivity index is 2.06. The summed E-state index contributed by atoms with van der Waals surface area (Å²) in [6.07, 6.45) is -3.03. The van der Waals surface area contributed by atoms with E-state index in [1.165, 1.54) is 4.57 Å². The van der Waals surface area contributed by atoms with Crippen LogP contribution in [0.25, 0.3) is 22.2 Å². The van der Waals surface area contributed by atoms with Gasteiger partial charge in [-0.1, -0.05) is 0 Å². The number of hydrogen-bond donors (Lipinski definition) is 6. The van der Waals surface area contributed by atoms with E-state index in [4.69, 9.17) is 9.79 Å². The average molecular weight is 441 g/mol. The highest BCUT2D eigenvalue weighted by atomic mass is 31.2. The van der Waals surface area contributed by atoms with Crippen LogP contribution in [0.4, 0.5) is 0 Å². The second kappa shape index (κ2) is 8.34. The number of rotatable bonds is 7. The van der Waals surface area contributed by atoms with E-state index in [9.17, 15) is 24.4 Å². The normalized spacial score (nSPS) is 14.3. The molecule has 0 unspecified atom stereocenters. The predicted molar refractivity (Wildman–Crippen MR) is 105 cm³/mol. The molecule has 0 fully saturated rings. The number of hydrogen-bond acceptors (Lipinski definition) is 7. The Morgan fingerprint density at radius 1 is 1.13 bits per heavy atom. The minimum absolute atomic E-state index is 0.0446. The highest BCUT2D eigenvalue weighted by molar-refractivity contribution is 7.46. The number of phosphoric ester groups is 1. The summed E-state index contributed by atoms with van der Waals surface area (Å²) in [6.45, 7) is 3.05. The van der Waals surface area contributed by atoms with E-state index in [1.807, 2.05) is 13.8 Å². The highest BCUT2D eigenvalue weighted by Crippen LogP contribution is 2.35. The van der Waals surface area contributed by atoms with Crippen LogP contribution in [0, 0.1) is 13.8 Å². The molecule has 0 bridgehead atoms. The molecule has 3 aromatic rings. The Hall–Kier alpha value is -2.47. The van der Waals surface area contributed by atoms with E-state index in [1.54, 1.807) is 12.1 Å². The third kappa shape index (κ3) is 4.81. The van der Waals surface area contributed by atoms with E-state index in [2.05, 4.69) is 19.5 Å². The van der Waals surface area contributed by atoms with Crippen LogP contribution in [0.1, 0.15) is 17.5 Å². The summed E-state index contributed by atoms with van der Waals surface area (Å²) in [6, 6.07) is 3.55. The molecule has 0 aliphatic rings. The lowest BCUT2D eigenvalue weighted by atomic mass is 10.1. The highest BCUT2D eigenvalue weighted by Gasteiger charge is 2.26.